The molecule has 162 valence electrons. The number of nitrogens with one attached hydrogen (secondary N) is 2. The van der Waals surface area contributed by atoms with Gasteiger partial charge in [0.15, 0.2) is 12.2 Å². The molecule has 1 aromatic carbocycles. The Morgan fingerprint density at radius 1 is 0.903 bits per heavy atom. The molecule has 3 heterocycles. The maximum absolute atomic E-state index is 12.9. The van der Waals surface area contributed by atoms with E-state index < -0.39 is 20.0 Å². The van der Waals surface area contributed by atoms with Crippen molar-refractivity contribution in [2.24, 2.45) is 0 Å². The standard InChI is InChI=1S/C17H11Cl2N3O5S4/c18-10-6-12(21-30(23,24)16-2-1-5-28-16)13(7-11(10)19)22-31(25,26)17-4-3-15(29-17)14-8-20-9-27-14/h1-9,21-22H. The molecule has 0 aliphatic rings. The lowest BCUT2D eigenvalue weighted by Gasteiger charge is -2.15. The number of sulfonamides is 2. The molecule has 0 radical (unpaired) electrons. The predicted molar refractivity (Wildman–Crippen MR) is 122 cm³/mol. The van der Waals surface area contributed by atoms with Crippen LogP contribution in [0.1, 0.15) is 0 Å². The first-order valence-corrected chi connectivity index (χ1v) is 13.6. The molecule has 0 spiro atoms. The number of hydrogen-bond acceptors (Lipinski definition) is 8. The van der Waals surface area contributed by atoms with Crippen LogP contribution in [0.3, 0.4) is 0 Å². The Labute approximate surface area is 195 Å². The van der Waals surface area contributed by atoms with Gasteiger partial charge < -0.3 is 4.42 Å². The molecule has 4 rings (SSSR count). The molecule has 0 bridgehead atoms. The maximum Gasteiger partial charge on any atom is 0.271 e. The monoisotopic (exact) mass is 535 g/mol. The van der Waals surface area contributed by atoms with Gasteiger partial charge in [-0.1, -0.05) is 29.3 Å². The third-order valence-corrected chi connectivity index (χ3v) is 10.3. The minimum absolute atomic E-state index is 0.0166. The van der Waals surface area contributed by atoms with Gasteiger partial charge in [-0.15, -0.1) is 22.7 Å². The van der Waals surface area contributed by atoms with Crippen molar-refractivity contribution in [3.8, 4) is 10.6 Å². The normalized spacial score (nSPS) is 12.1. The Hall–Kier alpha value is -2.09. The van der Waals surface area contributed by atoms with Crippen molar-refractivity contribution in [1.29, 1.82) is 0 Å². The van der Waals surface area contributed by atoms with E-state index in [1.165, 1.54) is 36.9 Å². The SMILES string of the molecule is O=S(=O)(Nc1cc(Cl)c(Cl)cc1NS(=O)(=O)c1ccc(-c2cnco2)s1)c1cccs1. The predicted octanol–water partition coefficient (Wildman–Crippen LogP) is 5.37. The van der Waals surface area contributed by atoms with Crippen molar-refractivity contribution >= 4 is 77.3 Å². The van der Waals surface area contributed by atoms with Crippen LogP contribution in [0.5, 0.6) is 0 Å². The van der Waals surface area contributed by atoms with E-state index in [1.54, 1.807) is 17.5 Å². The van der Waals surface area contributed by atoms with Crippen LogP contribution in [0.4, 0.5) is 11.4 Å². The summed E-state index contributed by atoms with van der Waals surface area (Å²) in [4.78, 5) is 4.37. The van der Waals surface area contributed by atoms with E-state index in [4.69, 9.17) is 27.6 Å². The van der Waals surface area contributed by atoms with Crippen LogP contribution in [-0.2, 0) is 20.0 Å². The van der Waals surface area contributed by atoms with Crippen molar-refractivity contribution in [3.63, 3.8) is 0 Å². The van der Waals surface area contributed by atoms with Crippen LogP contribution >= 0.6 is 45.9 Å². The van der Waals surface area contributed by atoms with Crippen LogP contribution in [-0.4, -0.2) is 21.8 Å². The van der Waals surface area contributed by atoms with E-state index in [2.05, 4.69) is 14.4 Å². The van der Waals surface area contributed by atoms with Gasteiger partial charge in [-0.3, -0.25) is 9.44 Å². The lowest BCUT2D eigenvalue weighted by Crippen LogP contribution is -2.16. The summed E-state index contributed by atoms with van der Waals surface area (Å²) in [5.74, 6) is 0.422. The van der Waals surface area contributed by atoms with Crippen molar-refractivity contribution in [3.05, 3.63) is 64.4 Å². The van der Waals surface area contributed by atoms with Crippen LogP contribution in [0.15, 0.2) is 67.2 Å². The highest BCUT2D eigenvalue weighted by molar-refractivity contribution is 7.95. The number of aromatic nitrogens is 1. The van der Waals surface area contributed by atoms with Gasteiger partial charge in [-0.25, -0.2) is 21.8 Å². The highest BCUT2D eigenvalue weighted by Gasteiger charge is 2.23. The smallest absolute Gasteiger partial charge is 0.271 e. The zero-order valence-corrected chi connectivity index (χ0v) is 19.9. The zero-order valence-electron chi connectivity index (χ0n) is 15.1. The Morgan fingerprint density at radius 2 is 1.55 bits per heavy atom. The molecule has 14 heteroatoms. The first-order valence-electron chi connectivity index (χ1n) is 8.22. The summed E-state index contributed by atoms with van der Waals surface area (Å²) in [5.41, 5.74) is -0.150. The van der Waals surface area contributed by atoms with Gasteiger partial charge in [0, 0.05) is 0 Å². The third kappa shape index (κ3) is 4.73. The summed E-state index contributed by atoms with van der Waals surface area (Å²) < 4.78 is 61.0. The van der Waals surface area contributed by atoms with E-state index in [0.717, 1.165) is 22.7 Å². The van der Waals surface area contributed by atoms with Crippen LogP contribution in [0.25, 0.3) is 10.6 Å². The molecule has 0 aliphatic heterocycles. The molecule has 0 unspecified atom stereocenters. The zero-order chi connectivity index (χ0) is 22.2. The Morgan fingerprint density at radius 3 is 2.10 bits per heavy atom. The van der Waals surface area contributed by atoms with E-state index in [-0.39, 0.29) is 29.8 Å². The summed E-state index contributed by atoms with van der Waals surface area (Å²) in [5, 5.41) is 1.71. The summed E-state index contributed by atoms with van der Waals surface area (Å²) in [7, 11) is -8.03. The average molecular weight is 536 g/mol. The minimum atomic E-state index is -4.07. The van der Waals surface area contributed by atoms with Gasteiger partial charge in [-0.05, 0) is 35.7 Å². The fourth-order valence-electron chi connectivity index (χ4n) is 2.46. The van der Waals surface area contributed by atoms with Gasteiger partial charge in [0.1, 0.15) is 8.42 Å². The molecule has 0 saturated heterocycles. The Bertz CT molecular complexity index is 1430. The molecule has 31 heavy (non-hydrogen) atoms. The third-order valence-electron chi connectivity index (χ3n) is 3.83. The largest absolute Gasteiger partial charge is 0.443 e. The molecular weight excluding hydrogens is 525 g/mol. The number of thiophene rings is 2. The van der Waals surface area contributed by atoms with E-state index in [9.17, 15) is 16.8 Å². The van der Waals surface area contributed by atoms with E-state index in [1.807, 2.05) is 0 Å². The van der Waals surface area contributed by atoms with E-state index >= 15 is 0 Å². The topological polar surface area (TPSA) is 118 Å². The van der Waals surface area contributed by atoms with Crippen LogP contribution < -0.4 is 9.44 Å². The van der Waals surface area contributed by atoms with Crippen molar-refractivity contribution in [2.45, 2.75) is 8.42 Å². The summed E-state index contributed by atoms with van der Waals surface area (Å²) in [6, 6.07) is 8.46. The van der Waals surface area contributed by atoms with Crippen LogP contribution in [0, 0.1) is 0 Å². The second kappa shape index (κ2) is 8.45. The maximum atomic E-state index is 12.9. The summed E-state index contributed by atoms with van der Waals surface area (Å²) in [6.07, 6.45) is 2.70. The number of benzene rings is 1. The first kappa shape index (κ1) is 22.1. The molecular formula is C17H11Cl2N3O5S4. The second-order valence-electron chi connectivity index (χ2n) is 5.94. The van der Waals surface area contributed by atoms with Gasteiger partial charge in [0.2, 0.25) is 0 Å². The fourth-order valence-corrected chi connectivity index (χ4v) is 7.18. The number of nitrogens with zero attached hydrogens (tertiary/aromatic N) is 1. The molecule has 0 amide bonds. The van der Waals surface area contributed by atoms with E-state index in [0.29, 0.717) is 10.6 Å². The lowest BCUT2D eigenvalue weighted by atomic mass is 10.3. The van der Waals surface area contributed by atoms with Gasteiger partial charge >= 0.3 is 0 Å². The molecule has 0 saturated carbocycles. The lowest BCUT2D eigenvalue weighted by molar-refractivity contribution is 0.573. The van der Waals surface area contributed by atoms with Crippen molar-refractivity contribution < 1.29 is 21.3 Å². The Kier molecular flexibility index (Phi) is 6.03. The molecule has 0 fully saturated rings. The van der Waals surface area contributed by atoms with Crippen molar-refractivity contribution in [2.75, 3.05) is 9.44 Å². The molecule has 2 N–H and O–H groups in total. The number of anilines is 2. The summed E-state index contributed by atoms with van der Waals surface area (Å²) in [6.45, 7) is 0. The molecule has 3 aromatic heterocycles. The minimum Gasteiger partial charge on any atom is -0.443 e. The highest BCUT2D eigenvalue weighted by atomic mass is 35.5. The number of oxazole rings is 1. The Balaban J connectivity index is 1.68. The quantitative estimate of drug-likeness (QED) is 0.328. The molecule has 0 atom stereocenters. The molecule has 0 aliphatic carbocycles. The van der Waals surface area contributed by atoms with Gasteiger partial charge in [0.05, 0.1) is 32.5 Å². The number of halogens is 2. The number of rotatable bonds is 7. The second-order valence-corrected chi connectivity index (χ2v) is 12.6. The number of hydrogen-bond donors (Lipinski definition) is 2. The van der Waals surface area contributed by atoms with Crippen LogP contribution in [0.2, 0.25) is 10.0 Å². The molecule has 8 nitrogen and oxygen atoms in total. The summed E-state index contributed by atoms with van der Waals surface area (Å²) >= 11 is 14.1. The van der Waals surface area contributed by atoms with Gasteiger partial charge in [0.25, 0.3) is 20.0 Å². The fraction of sp³-hybridized carbons (Fsp3) is 0. The average Bonchev–Trinajstić information content (AvgIpc) is 3.47. The highest BCUT2D eigenvalue weighted by Crippen LogP contribution is 2.37. The molecule has 4 aromatic rings. The van der Waals surface area contributed by atoms with Gasteiger partial charge in [-0.2, -0.15) is 0 Å². The van der Waals surface area contributed by atoms with Crippen molar-refractivity contribution in [1.82, 2.24) is 4.98 Å². The first-order chi connectivity index (χ1) is 14.7.